The molecule has 2 fully saturated rings. The highest BCUT2D eigenvalue weighted by molar-refractivity contribution is 5.94. The van der Waals surface area contributed by atoms with Crippen LogP contribution in [-0.2, 0) is 17.9 Å². The minimum absolute atomic E-state index is 0.00458. The molecule has 6 rings (SSSR count). The van der Waals surface area contributed by atoms with Gasteiger partial charge >= 0.3 is 0 Å². The summed E-state index contributed by atoms with van der Waals surface area (Å²) in [6.45, 7) is 4.19. The zero-order valence-electron chi connectivity index (χ0n) is 24.2. The first-order valence-electron chi connectivity index (χ1n) is 14.9. The van der Waals surface area contributed by atoms with E-state index >= 15 is 0 Å². The third-order valence-electron chi connectivity index (χ3n) is 9.11. The SMILES string of the molecule is CCn1ccc2c(=O)n(CC3(O)CCN(C(=O)C4CCN(C(=O)c5ccccc5F)CC4c4ccccc4)CC3)cnc21. The van der Waals surface area contributed by atoms with Crippen molar-refractivity contribution in [3.8, 4) is 0 Å². The van der Waals surface area contributed by atoms with Crippen LogP contribution in [0, 0.1) is 11.7 Å². The van der Waals surface area contributed by atoms with Gasteiger partial charge in [0.2, 0.25) is 5.91 Å². The Kier molecular flexibility index (Phi) is 7.87. The van der Waals surface area contributed by atoms with Crippen LogP contribution in [0.15, 0.2) is 78.0 Å². The van der Waals surface area contributed by atoms with Crippen molar-refractivity contribution in [3.63, 3.8) is 0 Å². The fourth-order valence-electron chi connectivity index (χ4n) is 6.60. The van der Waals surface area contributed by atoms with E-state index in [0.29, 0.717) is 63.0 Å². The molecule has 2 saturated heterocycles. The molecule has 1 N–H and O–H groups in total. The third-order valence-corrected chi connectivity index (χ3v) is 9.11. The van der Waals surface area contributed by atoms with Crippen LogP contribution in [0.5, 0.6) is 0 Å². The smallest absolute Gasteiger partial charge is 0.262 e. The Morgan fingerprint density at radius 2 is 1.70 bits per heavy atom. The Balaban J connectivity index is 1.15. The molecular weight excluding hydrogens is 549 g/mol. The molecule has 9 nitrogen and oxygen atoms in total. The molecule has 0 spiro atoms. The van der Waals surface area contributed by atoms with Crippen LogP contribution in [0.4, 0.5) is 4.39 Å². The number of carbonyl (C=O) groups is 2. The Morgan fingerprint density at radius 3 is 2.42 bits per heavy atom. The number of hydrogen-bond donors (Lipinski definition) is 1. The quantitative estimate of drug-likeness (QED) is 0.372. The Hall–Kier alpha value is -4.31. The van der Waals surface area contributed by atoms with Crippen molar-refractivity contribution in [2.24, 2.45) is 5.92 Å². The van der Waals surface area contributed by atoms with Crippen molar-refractivity contribution in [2.75, 3.05) is 26.2 Å². The maximum absolute atomic E-state index is 14.4. The predicted molar refractivity (Wildman–Crippen MR) is 160 cm³/mol. The van der Waals surface area contributed by atoms with Crippen molar-refractivity contribution < 1.29 is 19.1 Å². The molecule has 224 valence electrons. The van der Waals surface area contributed by atoms with Crippen LogP contribution in [0.3, 0.4) is 0 Å². The van der Waals surface area contributed by atoms with Crippen LogP contribution < -0.4 is 5.56 Å². The Bertz CT molecular complexity index is 1690. The summed E-state index contributed by atoms with van der Waals surface area (Å²) < 4.78 is 17.8. The van der Waals surface area contributed by atoms with Gasteiger partial charge in [-0.3, -0.25) is 19.0 Å². The second-order valence-electron chi connectivity index (χ2n) is 11.7. The number of hydrogen-bond acceptors (Lipinski definition) is 5. The largest absolute Gasteiger partial charge is 0.388 e. The van der Waals surface area contributed by atoms with E-state index in [2.05, 4.69) is 4.98 Å². The lowest BCUT2D eigenvalue weighted by Gasteiger charge is -2.43. The van der Waals surface area contributed by atoms with Crippen LogP contribution in [0.25, 0.3) is 11.0 Å². The molecule has 43 heavy (non-hydrogen) atoms. The van der Waals surface area contributed by atoms with Gasteiger partial charge in [0.15, 0.2) is 0 Å². The monoisotopic (exact) mass is 585 g/mol. The lowest BCUT2D eigenvalue weighted by Crippen LogP contribution is -2.53. The number of likely N-dealkylation sites (tertiary alicyclic amines) is 2. The van der Waals surface area contributed by atoms with Gasteiger partial charge in [-0.1, -0.05) is 42.5 Å². The van der Waals surface area contributed by atoms with Crippen LogP contribution in [-0.4, -0.2) is 72.6 Å². The highest BCUT2D eigenvalue weighted by atomic mass is 19.1. The predicted octanol–water partition coefficient (Wildman–Crippen LogP) is 3.66. The van der Waals surface area contributed by atoms with Crippen LogP contribution in [0.2, 0.25) is 0 Å². The summed E-state index contributed by atoms with van der Waals surface area (Å²) in [5, 5.41) is 12.0. The van der Waals surface area contributed by atoms with E-state index in [-0.39, 0.29) is 41.3 Å². The van der Waals surface area contributed by atoms with Gasteiger partial charge in [-0.05, 0) is 49.9 Å². The molecule has 2 amide bonds. The first-order valence-corrected chi connectivity index (χ1v) is 14.9. The van der Waals surface area contributed by atoms with E-state index in [1.54, 1.807) is 28.0 Å². The average Bonchev–Trinajstić information content (AvgIpc) is 3.46. The van der Waals surface area contributed by atoms with Crippen molar-refractivity contribution >= 4 is 22.8 Å². The molecule has 2 unspecified atom stereocenters. The molecule has 2 aliphatic rings. The number of aliphatic hydroxyl groups is 1. The summed E-state index contributed by atoms with van der Waals surface area (Å²) in [7, 11) is 0. The summed E-state index contributed by atoms with van der Waals surface area (Å²) >= 11 is 0. The second kappa shape index (κ2) is 11.8. The highest BCUT2D eigenvalue weighted by Crippen LogP contribution is 2.36. The maximum atomic E-state index is 14.4. The summed E-state index contributed by atoms with van der Waals surface area (Å²) in [6.07, 6.45) is 4.45. The Labute approximate surface area is 249 Å². The van der Waals surface area contributed by atoms with Gasteiger partial charge in [0.1, 0.15) is 17.8 Å². The molecule has 0 saturated carbocycles. The van der Waals surface area contributed by atoms with Crippen molar-refractivity contribution in [2.45, 2.75) is 50.8 Å². The third kappa shape index (κ3) is 5.59. The standard InChI is InChI=1S/C33H36FN5O4/c1-2-36-16-13-26-29(36)35-22-39(32(26)42)21-33(43)14-18-37(19-15-33)30(40)24-12-17-38(20-27(24)23-8-4-3-5-9-23)31(41)25-10-6-7-11-28(25)34/h3-11,13,16,22,24,27,43H,2,12,14-15,17-21H2,1H3. The lowest BCUT2D eigenvalue weighted by molar-refractivity contribution is -0.142. The fourth-order valence-corrected chi connectivity index (χ4v) is 6.60. The van der Waals surface area contributed by atoms with Crippen molar-refractivity contribution in [1.82, 2.24) is 23.9 Å². The number of aryl methyl sites for hydroxylation is 1. The summed E-state index contributed by atoms with van der Waals surface area (Å²) in [5.74, 6) is -1.53. The molecule has 2 aromatic carbocycles. The number of piperidine rings is 2. The van der Waals surface area contributed by atoms with Gasteiger partial charge in [-0.25, -0.2) is 9.37 Å². The zero-order chi connectivity index (χ0) is 30.1. The lowest BCUT2D eigenvalue weighted by atomic mass is 9.79. The molecule has 4 heterocycles. The first kappa shape index (κ1) is 28.8. The summed E-state index contributed by atoms with van der Waals surface area (Å²) in [6, 6.07) is 17.4. The summed E-state index contributed by atoms with van der Waals surface area (Å²) in [4.78, 5) is 48.2. The van der Waals surface area contributed by atoms with Gasteiger partial charge in [0.25, 0.3) is 11.5 Å². The van der Waals surface area contributed by atoms with E-state index in [1.807, 2.05) is 48.0 Å². The molecule has 10 heteroatoms. The van der Waals surface area contributed by atoms with Gasteiger partial charge in [-0.15, -0.1) is 0 Å². The van der Waals surface area contributed by atoms with Crippen molar-refractivity contribution in [3.05, 3.63) is 100 Å². The Morgan fingerprint density at radius 1 is 0.977 bits per heavy atom. The highest BCUT2D eigenvalue weighted by Gasteiger charge is 2.42. The molecule has 0 aliphatic carbocycles. The van der Waals surface area contributed by atoms with E-state index in [4.69, 9.17) is 0 Å². The average molecular weight is 586 g/mol. The van der Waals surface area contributed by atoms with E-state index in [1.165, 1.54) is 23.0 Å². The van der Waals surface area contributed by atoms with Crippen LogP contribution in [0.1, 0.15) is 48.0 Å². The minimum atomic E-state index is -1.14. The molecule has 4 aromatic rings. The number of carbonyl (C=O) groups excluding carboxylic acids is 2. The molecule has 2 atom stereocenters. The number of amides is 2. The minimum Gasteiger partial charge on any atom is -0.388 e. The number of rotatable bonds is 6. The second-order valence-corrected chi connectivity index (χ2v) is 11.7. The maximum Gasteiger partial charge on any atom is 0.262 e. The van der Waals surface area contributed by atoms with E-state index in [0.717, 1.165) is 5.56 Å². The van der Waals surface area contributed by atoms with Gasteiger partial charge < -0.3 is 19.5 Å². The first-order chi connectivity index (χ1) is 20.8. The number of nitrogens with zero attached hydrogens (tertiary/aromatic N) is 5. The molecule has 2 aliphatic heterocycles. The fraction of sp³-hybridized carbons (Fsp3) is 0.394. The van der Waals surface area contributed by atoms with E-state index < -0.39 is 11.4 Å². The van der Waals surface area contributed by atoms with E-state index in [9.17, 15) is 23.9 Å². The van der Waals surface area contributed by atoms with Gasteiger partial charge in [0.05, 0.1) is 23.1 Å². The molecule has 0 radical (unpaired) electrons. The summed E-state index contributed by atoms with van der Waals surface area (Å²) in [5.41, 5.74) is 0.292. The molecule has 0 bridgehead atoms. The van der Waals surface area contributed by atoms with Gasteiger partial charge in [-0.2, -0.15) is 0 Å². The van der Waals surface area contributed by atoms with Crippen LogP contribution >= 0.6 is 0 Å². The number of halogens is 1. The number of aromatic nitrogens is 3. The zero-order valence-corrected chi connectivity index (χ0v) is 24.2. The number of fused-ring (bicyclic) bond motifs is 1. The topological polar surface area (TPSA) is 101 Å². The number of benzene rings is 2. The molecular formula is C33H36FN5O4. The normalized spacial score (nSPS) is 20.3. The molecule has 2 aromatic heterocycles. The van der Waals surface area contributed by atoms with Crippen molar-refractivity contribution in [1.29, 1.82) is 0 Å². The van der Waals surface area contributed by atoms with Gasteiger partial charge in [0, 0.05) is 50.8 Å².